The first kappa shape index (κ1) is 15.1. The molecule has 1 saturated heterocycles. The number of hydrogen-bond donors (Lipinski definition) is 1. The molecular formula is C17H25N3. The lowest BCUT2D eigenvalue weighted by Crippen LogP contribution is -2.36. The van der Waals surface area contributed by atoms with E-state index in [1.807, 2.05) is 6.07 Å². The third-order valence-corrected chi connectivity index (χ3v) is 3.98. The highest BCUT2D eigenvalue weighted by Gasteiger charge is 2.22. The predicted molar refractivity (Wildman–Crippen MR) is 84.4 cm³/mol. The molecule has 3 heteroatoms. The van der Waals surface area contributed by atoms with Gasteiger partial charge in [-0.25, -0.2) is 0 Å². The normalized spacial score (nSPS) is 19.1. The Labute approximate surface area is 122 Å². The van der Waals surface area contributed by atoms with Crippen LogP contribution >= 0.6 is 0 Å². The van der Waals surface area contributed by atoms with Crippen LogP contribution < -0.4 is 5.73 Å². The van der Waals surface area contributed by atoms with Gasteiger partial charge in [0.2, 0.25) is 0 Å². The molecule has 1 aliphatic rings. The summed E-state index contributed by atoms with van der Waals surface area (Å²) >= 11 is 0. The Balaban J connectivity index is 1.98. The first-order chi connectivity index (χ1) is 9.70. The predicted octanol–water partition coefficient (Wildman–Crippen LogP) is 1.52. The lowest BCUT2D eigenvalue weighted by molar-refractivity contribution is 0.215. The van der Waals surface area contributed by atoms with E-state index in [0.29, 0.717) is 12.6 Å². The van der Waals surface area contributed by atoms with Crippen molar-refractivity contribution >= 4 is 0 Å². The summed E-state index contributed by atoms with van der Waals surface area (Å²) in [6.45, 7) is 3.71. The van der Waals surface area contributed by atoms with Gasteiger partial charge in [-0.1, -0.05) is 30.0 Å². The average molecular weight is 271 g/mol. The molecule has 1 atom stereocenters. The summed E-state index contributed by atoms with van der Waals surface area (Å²) in [5, 5.41) is 0. The maximum Gasteiger partial charge on any atom is 0.0555 e. The molecule has 2 rings (SSSR count). The SMILES string of the molecule is CN(Cc1ccccc1C#CCN)CC1CCCN1C. The molecule has 2 N–H and O–H groups in total. The van der Waals surface area contributed by atoms with Crippen LogP contribution in [-0.4, -0.2) is 49.6 Å². The number of hydrogen-bond acceptors (Lipinski definition) is 3. The molecule has 1 aromatic carbocycles. The average Bonchev–Trinajstić information content (AvgIpc) is 2.83. The zero-order valence-electron chi connectivity index (χ0n) is 12.6. The molecule has 1 heterocycles. The fraction of sp³-hybridized carbons (Fsp3) is 0.529. The summed E-state index contributed by atoms with van der Waals surface area (Å²) < 4.78 is 0. The lowest BCUT2D eigenvalue weighted by Gasteiger charge is -2.26. The van der Waals surface area contributed by atoms with Crippen molar-refractivity contribution in [2.75, 3.05) is 33.7 Å². The number of benzene rings is 1. The van der Waals surface area contributed by atoms with E-state index < -0.39 is 0 Å². The first-order valence-electron chi connectivity index (χ1n) is 7.36. The van der Waals surface area contributed by atoms with Crippen molar-refractivity contribution in [1.29, 1.82) is 0 Å². The Hall–Kier alpha value is -1.34. The van der Waals surface area contributed by atoms with Gasteiger partial charge < -0.3 is 15.5 Å². The maximum absolute atomic E-state index is 5.46. The number of rotatable bonds is 4. The molecule has 0 amide bonds. The van der Waals surface area contributed by atoms with Crippen molar-refractivity contribution in [3.8, 4) is 11.8 Å². The van der Waals surface area contributed by atoms with Crippen LogP contribution in [0.3, 0.4) is 0 Å². The quantitative estimate of drug-likeness (QED) is 0.843. The van der Waals surface area contributed by atoms with Gasteiger partial charge in [0.1, 0.15) is 0 Å². The molecule has 0 aromatic heterocycles. The summed E-state index contributed by atoms with van der Waals surface area (Å²) in [4.78, 5) is 4.87. The van der Waals surface area contributed by atoms with E-state index >= 15 is 0 Å². The summed E-state index contributed by atoms with van der Waals surface area (Å²) in [6, 6.07) is 9.05. The van der Waals surface area contributed by atoms with Crippen molar-refractivity contribution in [2.24, 2.45) is 5.73 Å². The highest BCUT2D eigenvalue weighted by atomic mass is 15.2. The molecule has 0 spiro atoms. The molecule has 0 bridgehead atoms. The van der Waals surface area contributed by atoms with Gasteiger partial charge in [0.25, 0.3) is 0 Å². The van der Waals surface area contributed by atoms with E-state index in [0.717, 1.165) is 18.7 Å². The standard InChI is InChI=1S/C17H25N3/c1-19(14-17-10-6-12-20(17)2)13-16-8-4-3-7-15(16)9-5-11-18/h3-4,7-8,17H,6,10-14,18H2,1-2H3. The molecule has 1 unspecified atom stereocenters. The van der Waals surface area contributed by atoms with Crippen LogP contribution in [0.1, 0.15) is 24.0 Å². The molecular weight excluding hydrogens is 246 g/mol. The molecule has 1 aliphatic heterocycles. The highest BCUT2D eigenvalue weighted by molar-refractivity contribution is 5.41. The van der Waals surface area contributed by atoms with Gasteiger partial charge in [-0.2, -0.15) is 0 Å². The van der Waals surface area contributed by atoms with E-state index in [-0.39, 0.29) is 0 Å². The van der Waals surface area contributed by atoms with Crippen LogP contribution in [0.4, 0.5) is 0 Å². The number of nitrogens with zero attached hydrogens (tertiary/aromatic N) is 2. The topological polar surface area (TPSA) is 32.5 Å². The fourth-order valence-electron chi connectivity index (χ4n) is 2.85. The smallest absolute Gasteiger partial charge is 0.0555 e. The minimum Gasteiger partial charge on any atom is -0.320 e. The molecule has 0 radical (unpaired) electrons. The number of nitrogens with two attached hydrogens (primary N) is 1. The lowest BCUT2D eigenvalue weighted by atomic mass is 10.1. The van der Waals surface area contributed by atoms with Gasteiger partial charge in [-0.05, 0) is 45.1 Å². The summed E-state index contributed by atoms with van der Waals surface area (Å²) in [7, 11) is 4.42. The van der Waals surface area contributed by atoms with Crippen LogP contribution in [0.2, 0.25) is 0 Å². The Kier molecular flexibility index (Phi) is 5.60. The maximum atomic E-state index is 5.46. The second-order valence-corrected chi connectivity index (χ2v) is 5.64. The van der Waals surface area contributed by atoms with Crippen LogP contribution in [0.15, 0.2) is 24.3 Å². The van der Waals surface area contributed by atoms with Gasteiger partial charge in [0.15, 0.2) is 0 Å². The molecule has 20 heavy (non-hydrogen) atoms. The Morgan fingerprint density at radius 3 is 2.90 bits per heavy atom. The minimum absolute atomic E-state index is 0.414. The summed E-state index contributed by atoms with van der Waals surface area (Å²) in [5.74, 6) is 6.12. The first-order valence-corrected chi connectivity index (χ1v) is 7.36. The second kappa shape index (κ2) is 7.44. The number of likely N-dealkylation sites (tertiary alicyclic amines) is 1. The van der Waals surface area contributed by atoms with E-state index in [2.05, 4.69) is 53.9 Å². The van der Waals surface area contributed by atoms with Crippen molar-refractivity contribution < 1.29 is 0 Å². The highest BCUT2D eigenvalue weighted by Crippen LogP contribution is 2.17. The number of likely N-dealkylation sites (N-methyl/N-ethyl adjacent to an activating group) is 2. The van der Waals surface area contributed by atoms with Crippen molar-refractivity contribution in [1.82, 2.24) is 9.80 Å². The van der Waals surface area contributed by atoms with Gasteiger partial charge in [-0.15, -0.1) is 0 Å². The van der Waals surface area contributed by atoms with Crippen LogP contribution in [0.5, 0.6) is 0 Å². The van der Waals surface area contributed by atoms with Crippen molar-refractivity contribution in [2.45, 2.75) is 25.4 Å². The minimum atomic E-state index is 0.414. The molecule has 3 nitrogen and oxygen atoms in total. The van der Waals surface area contributed by atoms with E-state index in [4.69, 9.17) is 5.73 Å². The Morgan fingerprint density at radius 2 is 2.20 bits per heavy atom. The summed E-state index contributed by atoms with van der Waals surface area (Å²) in [6.07, 6.45) is 2.64. The Morgan fingerprint density at radius 1 is 1.40 bits per heavy atom. The van der Waals surface area contributed by atoms with E-state index in [1.54, 1.807) is 0 Å². The zero-order valence-corrected chi connectivity index (χ0v) is 12.6. The van der Waals surface area contributed by atoms with Crippen molar-refractivity contribution in [3.05, 3.63) is 35.4 Å². The monoisotopic (exact) mass is 271 g/mol. The Bertz CT molecular complexity index is 486. The van der Waals surface area contributed by atoms with Crippen LogP contribution in [0.25, 0.3) is 0 Å². The van der Waals surface area contributed by atoms with Gasteiger partial charge in [0, 0.05) is 24.7 Å². The molecule has 1 aromatic rings. The fourth-order valence-corrected chi connectivity index (χ4v) is 2.85. The molecule has 1 fully saturated rings. The van der Waals surface area contributed by atoms with Gasteiger partial charge in [0.05, 0.1) is 6.54 Å². The molecule has 108 valence electrons. The van der Waals surface area contributed by atoms with E-state index in [1.165, 1.54) is 24.9 Å². The third-order valence-electron chi connectivity index (χ3n) is 3.98. The van der Waals surface area contributed by atoms with Gasteiger partial charge >= 0.3 is 0 Å². The third kappa shape index (κ3) is 4.08. The zero-order chi connectivity index (χ0) is 14.4. The van der Waals surface area contributed by atoms with Crippen LogP contribution in [-0.2, 0) is 6.54 Å². The van der Waals surface area contributed by atoms with Crippen molar-refractivity contribution in [3.63, 3.8) is 0 Å². The molecule has 0 aliphatic carbocycles. The molecule has 0 saturated carbocycles. The van der Waals surface area contributed by atoms with Gasteiger partial charge in [-0.3, -0.25) is 0 Å². The van der Waals surface area contributed by atoms with E-state index in [9.17, 15) is 0 Å². The largest absolute Gasteiger partial charge is 0.320 e. The van der Waals surface area contributed by atoms with Crippen LogP contribution in [0, 0.1) is 11.8 Å². The summed E-state index contributed by atoms with van der Waals surface area (Å²) in [5.41, 5.74) is 7.85. The second-order valence-electron chi connectivity index (χ2n) is 5.64.